The molecule has 0 spiro atoms. The molecule has 2 heterocycles. The van der Waals surface area contributed by atoms with E-state index in [2.05, 4.69) is 9.97 Å². The minimum Gasteiger partial charge on any atom is -0.355 e. The molecule has 6 nitrogen and oxygen atoms in total. The van der Waals surface area contributed by atoms with Crippen LogP contribution in [0.3, 0.4) is 0 Å². The molecule has 4 rings (SSSR count). The van der Waals surface area contributed by atoms with Gasteiger partial charge < -0.3 is 4.90 Å². The van der Waals surface area contributed by atoms with Crippen molar-refractivity contribution in [3.05, 3.63) is 60.2 Å². The first kappa shape index (κ1) is 21.4. The van der Waals surface area contributed by atoms with Gasteiger partial charge in [-0.2, -0.15) is 17.5 Å². The van der Waals surface area contributed by atoms with Gasteiger partial charge in [0.2, 0.25) is 15.8 Å². The fraction of sp³-hybridized carbons (Fsp3) is 0.300. The van der Waals surface area contributed by atoms with Crippen molar-refractivity contribution in [3.63, 3.8) is 0 Å². The molecule has 1 fully saturated rings. The van der Waals surface area contributed by atoms with E-state index in [0.29, 0.717) is 18.4 Å². The van der Waals surface area contributed by atoms with Crippen molar-refractivity contribution in [1.29, 1.82) is 0 Å². The van der Waals surface area contributed by atoms with Gasteiger partial charge in [0, 0.05) is 31.6 Å². The first-order valence-electron chi connectivity index (χ1n) is 9.51. The zero-order chi connectivity index (χ0) is 22.2. The Hall–Kier alpha value is -2.79. The standard InChI is InChI=1S/C20H18F4N4O2S/c21-14-6-8-15(9-7-14)31(29,30)28-11-3-10-27(12-13-28)18-16-4-1-2-5-17(16)25-19(26-18)20(22,23)24/h1-2,4-9H,3,10-13H2. The fourth-order valence-electron chi connectivity index (χ4n) is 3.53. The SMILES string of the molecule is O=S(=O)(c1ccc(F)cc1)N1CCCN(c2nc(C(F)(F)F)nc3ccccc23)CC1. The summed E-state index contributed by atoms with van der Waals surface area (Å²) >= 11 is 0. The summed E-state index contributed by atoms with van der Waals surface area (Å²) in [6, 6.07) is 10.9. The van der Waals surface area contributed by atoms with E-state index in [1.807, 2.05) is 0 Å². The average molecular weight is 454 g/mol. The number of para-hydroxylation sites is 1. The Kier molecular flexibility index (Phi) is 5.56. The van der Waals surface area contributed by atoms with Crippen LogP contribution in [0.5, 0.6) is 0 Å². The van der Waals surface area contributed by atoms with Gasteiger partial charge in [-0.15, -0.1) is 0 Å². The molecular formula is C20H18F4N4O2S. The summed E-state index contributed by atoms with van der Waals surface area (Å²) in [5.74, 6) is -1.66. The number of rotatable bonds is 3. The molecular weight excluding hydrogens is 436 g/mol. The van der Waals surface area contributed by atoms with Crippen LogP contribution in [0.4, 0.5) is 23.4 Å². The lowest BCUT2D eigenvalue weighted by Crippen LogP contribution is -2.35. The van der Waals surface area contributed by atoms with E-state index < -0.39 is 27.8 Å². The van der Waals surface area contributed by atoms with Crippen LogP contribution in [0.15, 0.2) is 53.4 Å². The number of nitrogens with zero attached hydrogens (tertiary/aromatic N) is 4. The normalized spacial score (nSPS) is 16.5. The van der Waals surface area contributed by atoms with Crippen LogP contribution in [0.2, 0.25) is 0 Å². The van der Waals surface area contributed by atoms with Gasteiger partial charge in [-0.1, -0.05) is 12.1 Å². The third-order valence-electron chi connectivity index (χ3n) is 5.04. The second kappa shape index (κ2) is 8.04. The maximum absolute atomic E-state index is 13.3. The zero-order valence-electron chi connectivity index (χ0n) is 16.2. The highest BCUT2D eigenvalue weighted by molar-refractivity contribution is 7.89. The summed E-state index contributed by atoms with van der Waals surface area (Å²) in [6.45, 7) is 0.719. The molecule has 0 radical (unpaired) electrons. The monoisotopic (exact) mass is 454 g/mol. The number of benzene rings is 2. The Morgan fingerprint density at radius 3 is 2.29 bits per heavy atom. The molecule has 1 aromatic heterocycles. The van der Waals surface area contributed by atoms with E-state index in [1.54, 1.807) is 23.1 Å². The lowest BCUT2D eigenvalue weighted by atomic mass is 10.2. The molecule has 0 aliphatic carbocycles. The van der Waals surface area contributed by atoms with Gasteiger partial charge in [0.15, 0.2) is 0 Å². The number of halogens is 4. The molecule has 1 aliphatic heterocycles. The number of hydrogen-bond donors (Lipinski definition) is 0. The molecule has 0 N–H and O–H groups in total. The molecule has 0 amide bonds. The van der Waals surface area contributed by atoms with Crippen LogP contribution in [-0.4, -0.2) is 48.9 Å². The van der Waals surface area contributed by atoms with Crippen LogP contribution >= 0.6 is 0 Å². The Balaban J connectivity index is 1.65. The van der Waals surface area contributed by atoms with E-state index in [0.717, 1.165) is 12.1 Å². The second-order valence-corrected chi connectivity index (χ2v) is 9.02. The fourth-order valence-corrected chi connectivity index (χ4v) is 5.00. The number of anilines is 1. The molecule has 2 aromatic carbocycles. The molecule has 31 heavy (non-hydrogen) atoms. The summed E-state index contributed by atoms with van der Waals surface area (Å²) in [7, 11) is -3.85. The van der Waals surface area contributed by atoms with Gasteiger partial charge in [0.25, 0.3) is 0 Å². The first-order valence-corrected chi connectivity index (χ1v) is 10.9. The molecule has 1 aliphatic rings. The van der Waals surface area contributed by atoms with E-state index >= 15 is 0 Å². The van der Waals surface area contributed by atoms with Crippen molar-refractivity contribution in [3.8, 4) is 0 Å². The summed E-state index contributed by atoms with van der Waals surface area (Å²) < 4.78 is 80.2. The minimum atomic E-state index is -4.71. The van der Waals surface area contributed by atoms with Crippen molar-refractivity contribution < 1.29 is 26.0 Å². The van der Waals surface area contributed by atoms with Crippen molar-refractivity contribution in [2.45, 2.75) is 17.5 Å². The molecule has 0 saturated carbocycles. The van der Waals surface area contributed by atoms with Gasteiger partial charge >= 0.3 is 6.18 Å². The Bertz CT molecular complexity index is 1200. The Morgan fingerprint density at radius 1 is 0.871 bits per heavy atom. The molecule has 164 valence electrons. The van der Waals surface area contributed by atoms with Gasteiger partial charge in [0.1, 0.15) is 11.6 Å². The minimum absolute atomic E-state index is 0.0332. The Labute approximate surface area is 176 Å². The molecule has 3 aromatic rings. The van der Waals surface area contributed by atoms with Gasteiger partial charge in [-0.05, 0) is 42.8 Å². The van der Waals surface area contributed by atoms with Crippen molar-refractivity contribution in [2.24, 2.45) is 0 Å². The van der Waals surface area contributed by atoms with Crippen LogP contribution < -0.4 is 4.90 Å². The van der Waals surface area contributed by atoms with E-state index in [4.69, 9.17) is 0 Å². The van der Waals surface area contributed by atoms with Gasteiger partial charge in [0.05, 0.1) is 10.4 Å². The first-order chi connectivity index (χ1) is 14.7. The summed E-state index contributed by atoms with van der Waals surface area (Å²) in [4.78, 5) is 9.02. The third-order valence-corrected chi connectivity index (χ3v) is 6.96. The number of fused-ring (bicyclic) bond motifs is 1. The smallest absolute Gasteiger partial charge is 0.355 e. The van der Waals surface area contributed by atoms with E-state index in [-0.39, 0.29) is 35.9 Å². The second-order valence-electron chi connectivity index (χ2n) is 7.08. The maximum Gasteiger partial charge on any atom is 0.451 e. The number of alkyl halides is 3. The van der Waals surface area contributed by atoms with Crippen LogP contribution in [0, 0.1) is 5.82 Å². The highest BCUT2D eigenvalue weighted by Gasteiger charge is 2.36. The van der Waals surface area contributed by atoms with Crippen LogP contribution in [0.25, 0.3) is 10.9 Å². The lowest BCUT2D eigenvalue weighted by molar-refractivity contribution is -0.144. The molecule has 11 heteroatoms. The summed E-state index contributed by atoms with van der Waals surface area (Å²) in [5.41, 5.74) is 0.167. The zero-order valence-corrected chi connectivity index (χ0v) is 17.0. The number of sulfonamides is 1. The van der Waals surface area contributed by atoms with Crippen molar-refractivity contribution >= 4 is 26.7 Å². The summed E-state index contributed by atoms with van der Waals surface area (Å²) in [6.07, 6.45) is -4.32. The predicted octanol–water partition coefficient (Wildman–Crippen LogP) is 3.69. The van der Waals surface area contributed by atoms with E-state index in [1.165, 1.54) is 22.5 Å². The molecule has 0 atom stereocenters. The highest BCUT2D eigenvalue weighted by atomic mass is 32.2. The number of aromatic nitrogens is 2. The molecule has 0 unspecified atom stereocenters. The largest absolute Gasteiger partial charge is 0.451 e. The van der Waals surface area contributed by atoms with Gasteiger partial charge in [-0.3, -0.25) is 0 Å². The quantitative estimate of drug-likeness (QED) is 0.565. The Morgan fingerprint density at radius 2 is 1.58 bits per heavy atom. The van der Waals surface area contributed by atoms with Crippen LogP contribution in [-0.2, 0) is 16.2 Å². The average Bonchev–Trinajstić information content (AvgIpc) is 2.99. The predicted molar refractivity (Wildman–Crippen MR) is 107 cm³/mol. The topological polar surface area (TPSA) is 66.4 Å². The number of hydrogen-bond acceptors (Lipinski definition) is 5. The van der Waals surface area contributed by atoms with Crippen molar-refractivity contribution in [1.82, 2.24) is 14.3 Å². The molecule has 0 bridgehead atoms. The van der Waals surface area contributed by atoms with Crippen molar-refractivity contribution in [2.75, 3.05) is 31.1 Å². The molecule has 1 saturated heterocycles. The van der Waals surface area contributed by atoms with Crippen LogP contribution in [0.1, 0.15) is 12.2 Å². The third kappa shape index (κ3) is 4.33. The lowest BCUT2D eigenvalue weighted by Gasteiger charge is -2.24. The van der Waals surface area contributed by atoms with Gasteiger partial charge in [-0.25, -0.2) is 22.8 Å². The maximum atomic E-state index is 13.3. The summed E-state index contributed by atoms with van der Waals surface area (Å²) in [5, 5.41) is 0.463. The van der Waals surface area contributed by atoms with E-state index in [9.17, 15) is 26.0 Å². The highest BCUT2D eigenvalue weighted by Crippen LogP contribution is 2.32.